The molecule has 1 aliphatic rings. The molecule has 16 heavy (non-hydrogen) atoms. The molecule has 1 heterocycles. The van der Waals surface area contributed by atoms with Gasteiger partial charge in [0, 0.05) is 0 Å². The van der Waals surface area contributed by atoms with Crippen LogP contribution in [0.25, 0.3) is 0 Å². The molecule has 1 aromatic carbocycles. The Morgan fingerprint density at radius 2 is 2.19 bits per heavy atom. The number of aliphatic carboxylic acids is 1. The van der Waals surface area contributed by atoms with E-state index in [1.54, 1.807) is 0 Å². The Morgan fingerprint density at radius 1 is 1.44 bits per heavy atom. The van der Waals surface area contributed by atoms with E-state index in [1.807, 2.05) is 30.3 Å². The number of hydrogen-bond donors (Lipinski definition) is 1. The van der Waals surface area contributed by atoms with E-state index in [4.69, 9.17) is 9.84 Å². The number of aliphatic imine (C=N–C) groups is 1. The molecular formula is C12H13NO3. The van der Waals surface area contributed by atoms with E-state index in [-0.39, 0.29) is 12.5 Å². The number of carboxylic acid groups (broad SMARTS) is 1. The minimum absolute atomic E-state index is 0.0525. The van der Waals surface area contributed by atoms with Gasteiger partial charge in [-0.05, 0) is 12.0 Å². The van der Waals surface area contributed by atoms with Crippen LogP contribution in [0.1, 0.15) is 12.0 Å². The third-order valence-electron chi connectivity index (χ3n) is 2.39. The highest BCUT2D eigenvalue weighted by molar-refractivity contribution is 5.94. The molecule has 0 aromatic heterocycles. The fraction of sp³-hybridized carbons (Fsp3) is 0.333. The highest BCUT2D eigenvalue weighted by atomic mass is 16.5. The van der Waals surface area contributed by atoms with Crippen molar-refractivity contribution in [3.8, 4) is 0 Å². The third-order valence-corrected chi connectivity index (χ3v) is 2.39. The van der Waals surface area contributed by atoms with Crippen molar-refractivity contribution in [2.45, 2.75) is 18.9 Å². The summed E-state index contributed by atoms with van der Waals surface area (Å²) in [6.07, 6.45) is 0.676. The van der Waals surface area contributed by atoms with Crippen molar-refractivity contribution in [1.29, 1.82) is 0 Å². The van der Waals surface area contributed by atoms with E-state index < -0.39 is 5.97 Å². The maximum absolute atomic E-state index is 10.5. The van der Waals surface area contributed by atoms with Crippen LogP contribution in [0, 0.1) is 0 Å². The summed E-state index contributed by atoms with van der Waals surface area (Å²) >= 11 is 0. The zero-order valence-electron chi connectivity index (χ0n) is 8.80. The molecule has 84 valence electrons. The largest absolute Gasteiger partial charge is 0.481 e. The summed E-state index contributed by atoms with van der Waals surface area (Å²) in [6.45, 7) is 0.484. The number of carboxylic acids is 1. The molecule has 0 radical (unpaired) electrons. The molecule has 0 amide bonds. The lowest BCUT2D eigenvalue weighted by Gasteiger charge is -2.04. The first-order valence-electron chi connectivity index (χ1n) is 5.19. The zero-order chi connectivity index (χ0) is 11.4. The van der Waals surface area contributed by atoms with Gasteiger partial charge in [0.15, 0.2) is 5.90 Å². The Balaban J connectivity index is 1.93. The molecule has 0 spiro atoms. The van der Waals surface area contributed by atoms with Crippen LogP contribution < -0.4 is 0 Å². The SMILES string of the molecule is O=C(O)CC1=NC(Cc2ccccc2)CO1. The third kappa shape index (κ3) is 2.82. The summed E-state index contributed by atoms with van der Waals surface area (Å²) in [5, 5.41) is 8.59. The predicted molar refractivity (Wildman–Crippen MR) is 59.6 cm³/mol. The molecule has 1 aliphatic heterocycles. The number of rotatable bonds is 4. The monoisotopic (exact) mass is 219 g/mol. The second-order valence-corrected chi connectivity index (χ2v) is 3.75. The molecule has 1 N–H and O–H groups in total. The molecule has 1 atom stereocenters. The quantitative estimate of drug-likeness (QED) is 0.834. The van der Waals surface area contributed by atoms with Crippen molar-refractivity contribution in [1.82, 2.24) is 0 Å². The van der Waals surface area contributed by atoms with Crippen LogP contribution in [0.2, 0.25) is 0 Å². The molecule has 1 aromatic rings. The highest BCUT2D eigenvalue weighted by Gasteiger charge is 2.20. The molecule has 1 unspecified atom stereocenters. The smallest absolute Gasteiger partial charge is 0.312 e. The number of benzene rings is 1. The standard InChI is InChI=1S/C12H13NO3/c14-12(15)7-11-13-10(8-16-11)6-9-4-2-1-3-5-9/h1-5,10H,6-8H2,(H,14,15). The van der Waals surface area contributed by atoms with E-state index in [2.05, 4.69) is 4.99 Å². The summed E-state index contributed by atoms with van der Waals surface area (Å²) in [7, 11) is 0. The summed E-state index contributed by atoms with van der Waals surface area (Å²) in [6, 6.07) is 10.0. The fourth-order valence-corrected chi connectivity index (χ4v) is 1.69. The zero-order valence-corrected chi connectivity index (χ0v) is 8.80. The first-order valence-corrected chi connectivity index (χ1v) is 5.19. The van der Waals surface area contributed by atoms with E-state index >= 15 is 0 Å². The minimum Gasteiger partial charge on any atom is -0.481 e. The first kappa shape index (κ1) is 10.7. The second-order valence-electron chi connectivity index (χ2n) is 3.75. The Bertz CT molecular complexity index is 400. The Labute approximate surface area is 93.6 Å². The van der Waals surface area contributed by atoms with Crippen molar-refractivity contribution >= 4 is 11.9 Å². The van der Waals surface area contributed by atoms with Gasteiger partial charge in [0.2, 0.25) is 0 Å². The van der Waals surface area contributed by atoms with Gasteiger partial charge in [0.25, 0.3) is 0 Å². The van der Waals surface area contributed by atoms with Crippen LogP contribution in [0.3, 0.4) is 0 Å². The van der Waals surface area contributed by atoms with E-state index in [0.717, 1.165) is 6.42 Å². The number of ether oxygens (including phenoxy) is 1. The van der Waals surface area contributed by atoms with Crippen LogP contribution in [-0.2, 0) is 16.0 Å². The highest BCUT2D eigenvalue weighted by Crippen LogP contribution is 2.12. The Morgan fingerprint density at radius 3 is 2.88 bits per heavy atom. The van der Waals surface area contributed by atoms with Crippen LogP contribution in [0.15, 0.2) is 35.3 Å². The Hall–Kier alpha value is -1.84. The lowest BCUT2D eigenvalue weighted by atomic mass is 10.1. The molecule has 0 saturated heterocycles. The predicted octanol–water partition coefficient (Wildman–Crippen LogP) is 1.50. The average molecular weight is 219 g/mol. The molecule has 4 heteroatoms. The van der Waals surface area contributed by atoms with Gasteiger partial charge in [0.05, 0.1) is 6.04 Å². The maximum atomic E-state index is 10.5. The number of carbonyl (C=O) groups is 1. The summed E-state index contributed by atoms with van der Waals surface area (Å²) < 4.78 is 5.22. The molecule has 4 nitrogen and oxygen atoms in total. The summed E-state index contributed by atoms with van der Waals surface area (Å²) in [5.74, 6) is -0.562. The second kappa shape index (κ2) is 4.79. The van der Waals surface area contributed by atoms with Gasteiger partial charge in [-0.25, -0.2) is 4.99 Å². The van der Waals surface area contributed by atoms with E-state index in [1.165, 1.54) is 5.56 Å². The lowest BCUT2D eigenvalue weighted by Crippen LogP contribution is -2.09. The summed E-state index contributed by atoms with van der Waals surface area (Å²) in [4.78, 5) is 14.7. The average Bonchev–Trinajstić information content (AvgIpc) is 2.66. The van der Waals surface area contributed by atoms with Crippen LogP contribution in [0.5, 0.6) is 0 Å². The lowest BCUT2D eigenvalue weighted by molar-refractivity contribution is -0.135. The van der Waals surface area contributed by atoms with E-state index in [9.17, 15) is 4.79 Å². The van der Waals surface area contributed by atoms with Crippen molar-refractivity contribution in [3.63, 3.8) is 0 Å². The van der Waals surface area contributed by atoms with Gasteiger partial charge in [-0.15, -0.1) is 0 Å². The van der Waals surface area contributed by atoms with Gasteiger partial charge in [-0.1, -0.05) is 30.3 Å². The Kier molecular flexibility index (Phi) is 3.19. The molecule has 0 fully saturated rings. The van der Waals surface area contributed by atoms with Crippen LogP contribution in [-0.4, -0.2) is 29.6 Å². The molecular weight excluding hydrogens is 206 g/mol. The van der Waals surface area contributed by atoms with Crippen LogP contribution >= 0.6 is 0 Å². The van der Waals surface area contributed by atoms with Crippen molar-refractivity contribution in [3.05, 3.63) is 35.9 Å². The topological polar surface area (TPSA) is 58.9 Å². The number of nitrogens with zero attached hydrogens (tertiary/aromatic N) is 1. The van der Waals surface area contributed by atoms with Crippen LogP contribution in [0.4, 0.5) is 0 Å². The van der Waals surface area contributed by atoms with E-state index in [0.29, 0.717) is 12.5 Å². The minimum atomic E-state index is -0.904. The first-order chi connectivity index (χ1) is 7.74. The fourth-order valence-electron chi connectivity index (χ4n) is 1.69. The normalized spacial score (nSPS) is 19.0. The molecule has 0 saturated carbocycles. The van der Waals surface area contributed by atoms with Crippen molar-refractivity contribution < 1.29 is 14.6 Å². The number of hydrogen-bond acceptors (Lipinski definition) is 3. The maximum Gasteiger partial charge on any atom is 0.312 e. The molecule has 2 rings (SSSR count). The van der Waals surface area contributed by atoms with Gasteiger partial charge in [0.1, 0.15) is 13.0 Å². The van der Waals surface area contributed by atoms with Crippen molar-refractivity contribution in [2.24, 2.45) is 4.99 Å². The van der Waals surface area contributed by atoms with Gasteiger partial charge < -0.3 is 9.84 Å². The molecule has 0 aliphatic carbocycles. The van der Waals surface area contributed by atoms with Gasteiger partial charge >= 0.3 is 5.97 Å². The van der Waals surface area contributed by atoms with Crippen molar-refractivity contribution in [2.75, 3.05) is 6.61 Å². The summed E-state index contributed by atoms with van der Waals surface area (Å²) in [5.41, 5.74) is 1.19. The molecule has 0 bridgehead atoms. The van der Waals surface area contributed by atoms with Gasteiger partial charge in [-0.3, -0.25) is 4.79 Å². The van der Waals surface area contributed by atoms with Gasteiger partial charge in [-0.2, -0.15) is 0 Å².